The average Bonchev–Trinajstić information content (AvgIpc) is 3.27. The van der Waals surface area contributed by atoms with Crippen molar-refractivity contribution in [1.29, 1.82) is 0 Å². The lowest BCUT2D eigenvalue weighted by molar-refractivity contribution is 0.0476. The molecule has 0 aliphatic carbocycles. The second-order valence-electron chi connectivity index (χ2n) is 4.37. The first kappa shape index (κ1) is 10.7. The van der Waals surface area contributed by atoms with Crippen molar-refractivity contribution >= 4 is 5.97 Å². The lowest BCUT2D eigenvalue weighted by atomic mass is 10.2. The van der Waals surface area contributed by atoms with Gasteiger partial charge in [-0.25, -0.2) is 4.79 Å². The van der Waals surface area contributed by atoms with Crippen molar-refractivity contribution in [3.05, 3.63) is 35.9 Å². The molecule has 4 nitrogen and oxygen atoms in total. The van der Waals surface area contributed by atoms with Crippen LogP contribution in [0, 0.1) is 0 Å². The molecule has 2 aliphatic heterocycles. The summed E-state index contributed by atoms with van der Waals surface area (Å²) in [5.41, 5.74) is 0.579. The van der Waals surface area contributed by atoms with E-state index in [1.54, 1.807) is 12.1 Å². The number of hydrogen-bond donors (Lipinski definition) is 0. The van der Waals surface area contributed by atoms with E-state index in [1.165, 1.54) is 0 Å². The van der Waals surface area contributed by atoms with E-state index in [-0.39, 0.29) is 18.2 Å². The monoisotopic (exact) mass is 234 g/mol. The second kappa shape index (κ2) is 4.47. The third kappa shape index (κ3) is 2.84. The number of esters is 1. The molecule has 0 bridgehead atoms. The molecular weight excluding hydrogens is 220 g/mol. The van der Waals surface area contributed by atoms with Crippen molar-refractivity contribution in [2.45, 2.75) is 24.7 Å². The SMILES string of the molecule is O=C(OCC1OC1CC1CO1)c1ccccc1. The third-order valence-corrected chi connectivity index (χ3v) is 2.97. The van der Waals surface area contributed by atoms with Gasteiger partial charge >= 0.3 is 5.97 Å². The van der Waals surface area contributed by atoms with Gasteiger partial charge in [-0.1, -0.05) is 18.2 Å². The fourth-order valence-electron chi connectivity index (χ4n) is 1.81. The van der Waals surface area contributed by atoms with Crippen molar-refractivity contribution < 1.29 is 19.0 Å². The molecule has 2 fully saturated rings. The Morgan fingerprint density at radius 1 is 1.29 bits per heavy atom. The molecule has 2 aliphatic rings. The molecule has 0 saturated carbocycles. The quantitative estimate of drug-likeness (QED) is 0.571. The second-order valence-corrected chi connectivity index (χ2v) is 4.37. The zero-order chi connectivity index (χ0) is 11.7. The topological polar surface area (TPSA) is 51.4 Å². The van der Waals surface area contributed by atoms with Gasteiger partial charge in [0.05, 0.1) is 24.4 Å². The van der Waals surface area contributed by atoms with Gasteiger partial charge in [0.25, 0.3) is 0 Å². The summed E-state index contributed by atoms with van der Waals surface area (Å²) in [7, 11) is 0. The van der Waals surface area contributed by atoms with Gasteiger partial charge in [0.1, 0.15) is 12.7 Å². The highest BCUT2D eigenvalue weighted by Gasteiger charge is 2.43. The van der Waals surface area contributed by atoms with Crippen LogP contribution in [-0.2, 0) is 14.2 Å². The van der Waals surface area contributed by atoms with E-state index in [9.17, 15) is 4.79 Å². The highest BCUT2D eigenvalue weighted by atomic mass is 16.6. The fraction of sp³-hybridized carbons (Fsp3) is 0.462. The van der Waals surface area contributed by atoms with Crippen LogP contribution in [0.15, 0.2) is 30.3 Å². The van der Waals surface area contributed by atoms with E-state index in [4.69, 9.17) is 14.2 Å². The van der Waals surface area contributed by atoms with E-state index < -0.39 is 0 Å². The molecule has 0 N–H and O–H groups in total. The summed E-state index contributed by atoms with van der Waals surface area (Å²) in [6.07, 6.45) is 1.57. The van der Waals surface area contributed by atoms with Crippen LogP contribution >= 0.6 is 0 Å². The number of carbonyl (C=O) groups is 1. The Morgan fingerprint density at radius 2 is 2.06 bits per heavy atom. The van der Waals surface area contributed by atoms with Crippen LogP contribution in [0.1, 0.15) is 16.8 Å². The molecular formula is C13H14O4. The first-order valence-corrected chi connectivity index (χ1v) is 5.82. The molecule has 3 atom stereocenters. The smallest absolute Gasteiger partial charge is 0.338 e. The Kier molecular flexibility index (Phi) is 2.82. The zero-order valence-corrected chi connectivity index (χ0v) is 9.37. The molecule has 90 valence electrons. The molecule has 4 heteroatoms. The van der Waals surface area contributed by atoms with E-state index in [1.807, 2.05) is 18.2 Å². The van der Waals surface area contributed by atoms with E-state index in [0.717, 1.165) is 13.0 Å². The molecule has 1 aromatic carbocycles. The molecule has 2 saturated heterocycles. The molecule has 0 aromatic heterocycles. The van der Waals surface area contributed by atoms with Crippen molar-refractivity contribution in [2.75, 3.05) is 13.2 Å². The average molecular weight is 234 g/mol. The predicted octanol–water partition coefficient (Wildman–Crippen LogP) is 1.40. The number of carbonyl (C=O) groups excluding carboxylic acids is 1. The molecule has 0 spiro atoms. The highest BCUT2D eigenvalue weighted by molar-refractivity contribution is 5.89. The molecule has 3 unspecified atom stereocenters. The Balaban J connectivity index is 1.41. The number of benzene rings is 1. The fourth-order valence-corrected chi connectivity index (χ4v) is 1.81. The van der Waals surface area contributed by atoms with Crippen LogP contribution in [0.5, 0.6) is 0 Å². The van der Waals surface area contributed by atoms with E-state index in [2.05, 4.69) is 0 Å². The van der Waals surface area contributed by atoms with Gasteiger partial charge in [0, 0.05) is 6.42 Å². The molecule has 0 radical (unpaired) electrons. The summed E-state index contributed by atoms with van der Waals surface area (Å²) in [5.74, 6) is -0.289. The van der Waals surface area contributed by atoms with Crippen molar-refractivity contribution in [1.82, 2.24) is 0 Å². The summed E-state index contributed by atoms with van der Waals surface area (Å²) in [5, 5.41) is 0. The summed E-state index contributed by atoms with van der Waals surface area (Å²) in [4.78, 5) is 11.6. The van der Waals surface area contributed by atoms with Gasteiger partial charge < -0.3 is 14.2 Å². The van der Waals surface area contributed by atoms with Gasteiger partial charge in [0.2, 0.25) is 0 Å². The predicted molar refractivity (Wildman–Crippen MR) is 59.7 cm³/mol. The van der Waals surface area contributed by atoms with Crippen molar-refractivity contribution in [2.24, 2.45) is 0 Å². The summed E-state index contributed by atoms with van der Waals surface area (Å²) in [6, 6.07) is 8.98. The highest BCUT2D eigenvalue weighted by Crippen LogP contribution is 2.31. The standard InChI is InChI=1S/C13H14O4/c14-13(9-4-2-1-3-5-9)16-8-12-11(17-12)6-10-7-15-10/h1-5,10-12H,6-8H2. The minimum Gasteiger partial charge on any atom is -0.459 e. The number of rotatable bonds is 5. The number of ether oxygens (including phenoxy) is 3. The van der Waals surface area contributed by atoms with Gasteiger partial charge in [-0.3, -0.25) is 0 Å². The largest absolute Gasteiger partial charge is 0.459 e. The normalized spacial score (nSPS) is 29.8. The Bertz CT molecular complexity index is 399. The van der Waals surface area contributed by atoms with Gasteiger partial charge in [-0.2, -0.15) is 0 Å². The zero-order valence-electron chi connectivity index (χ0n) is 9.37. The lowest BCUT2D eigenvalue weighted by Crippen LogP contribution is -2.12. The van der Waals surface area contributed by atoms with Gasteiger partial charge in [-0.05, 0) is 12.1 Å². The third-order valence-electron chi connectivity index (χ3n) is 2.97. The van der Waals surface area contributed by atoms with Crippen LogP contribution in [0.2, 0.25) is 0 Å². The maximum atomic E-state index is 11.6. The van der Waals surface area contributed by atoms with E-state index >= 15 is 0 Å². The van der Waals surface area contributed by atoms with E-state index in [0.29, 0.717) is 18.3 Å². The lowest BCUT2D eigenvalue weighted by Gasteiger charge is -2.02. The van der Waals surface area contributed by atoms with Gasteiger partial charge in [0.15, 0.2) is 0 Å². The van der Waals surface area contributed by atoms with Crippen LogP contribution < -0.4 is 0 Å². The minimum absolute atomic E-state index is 0.0619. The maximum Gasteiger partial charge on any atom is 0.338 e. The van der Waals surface area contributed by atoms with Gasteiger partial charge in [-0.15, -0.1) is 0 Å². The molecule has 0 amide bonds. The molecule has 3 rings (SSSR count). The summed E-state index contributed by atoms with van der Waals surface area (Å²) in [6.45, 7) is 1.18. The Labute approximate surface area is 99.5 Å². The molecule has 17 heavy (non-hydrogen) atoms. The van der Waals surface area contributed by atoms with Crippen molar-refractivity contribution in [3.63, 3.8) is 0 Å². The Morgan fingerprint density at radius 3 is 2.76 bits per heavy atom. The first-order valence-electron chi connectivity index (χ1n) is 5.82. The van der Waals surface area contributed by atoms with Crippen LogP contribution in [0.3, 0.4) is 0 Å². The number of epoxide rings is 2. The molecule has 2 heterocycles. The van der Waals surface area contributed by atoms with Crippen molar-refractivity contribution in [3.8, 4) is 0 Å². The minimum atomic E-state index is -0.289. The maximum absolute atomic E-state index is 11.6. The van der Waals surface area contributed by atoms with Crippen LogP contribution in [-0.4, -0.2) is 37.5 Å². The first-order chi connectivity index (χ1) is 8.33. The Hall–Kier alpha value is -1.39. The van der Waals surface area contributed by atoms with Crippen LogP contribution in [0.25, 0.3) is 0 Å². The summed E-state index contributed by atoms with van der Waals surface area (Å²) >= 11 is 0. The van der Waals surface area contributed by atoms with Crippen LogP contribution in [0.4, 0.5) is 0 Å². The number of hydrogen-bond acceptors (Lipinski definition) is 4. The molecule has 1 aromatic rings. The summed E-state index contributed by atoms with van der Waals surface area (Å²) < 4.78 is 15.7.